The van der Waals surface area contributed by atoms with Gasteiger partial charge in [0.25, 0.3) is 0 Å². The standard InChI is InChI=1S/C18H19NO3/c1-3-14-9-17(20)16-5-4-15(10-18(16)22-14)21-11-13-6-7-19-12(2)8-13/h4-8,10,14H,3,9,11H2,1-2H3/t14-/m0/s1. The second kappa shape index (κ2) is 6.18. The molecule has 114 valence electrons. The zero-order chi connectivity index (χ0) is 15.5. The highest BCUT2D eigenvalue weighted by Gasteiger charge is 2.25. The van der Waals surface area contributed by atoms with Crippen LogP contribution >= 0.6 is 0 Å². The van der Waals surface area contributed by atoms with Gasteiger partial charge in [-0.15, -0.1) is 0 Å². The number of benzene rings is 1. The Morgan fingerprint density at radius 3 is 2.95 bits per heavy atom. The van der Waals surface area contributed by atoms with E-state index in [2.05, 4.69) is 4.98 Å². The number of nitrogens with zero attached hydrogens (tertiary/aromatic N) is 1. The SMILES string of the molecule is CC[C@H]1CC(=O)c2ccc(OCc3ccnc(C)c3)cc2O1. The second-order valence-corrected chi connectivity index (χ2v) is 5.53. The van der Waals surface area contributed by atoms with Crippen molar-refractivity contribution in [3.8, 4) is 11.5 Å². The fourth-order valence-corrected chi connectivity index (χ4v) is 2.55. The highest BCUT2D eigenvalue weighted by molar-refractivity contribution is 6.00. The molecule has 0 radical (unpaired) electrons. The summed E-state index contributed by atoms with van der Waals surface area (Å²) in [5.41, 5.74) is 2.68. The molecule has 3 rings (SSSR count). The van der Waals surface area contributed by atoms with E-state index in [1.807, 2.05) is 38.1 Å². The van der Waals surface area contributed by atoms with Crippen molar-refractivity contribution >= 4 is 5.78 Å². The second-order valence-electron chi connectivity index (χ2n) is 5.53. The molecule has 0 fully saturated rings. The lowest BCUT2D eigenvalue weighted by molar-refractivity contribution is 0.0845. The Labute approximate surface area is 130 Å². The molecule has 0 spiro atoms. The molecule has 1 atom stereocenters. The van der Waals surface area contributed by atoms with E-state index in [9.17, 15) is 4.79 Å². The van der Waals surface area contributed by atoms with Crippen LogP contribution in [0.25, 0.3) is 0 Å². The number of carbonyl (C=O) groups excluding carboxylic acids is 1. The highest BCUT2D eigenvalue weighted by atomic mass is 16.5. The Bertz CT molecular complexity index is 696. The van der Waals surface area contributed by atoms with Gasteiger partial charge in [0.1, 0.15) is 24.2 Å². The van der Waals surface area contributed by atoms with E-state index in [4.69, 9.17) is 9.47 Å². The van der Waals surface area contributed by atoms with Gasteiger partial charge in [-0.2, -0.15) is 0 Å². The third-order valence-corrected chi connectivity index (χ3v) is 3.78. The van der Waals surface area contributed by atoms with Gasteiger partial charge in [0.15, 0.2) is 5.78 Å². The van der Waals surface area contributed by atoms with Crippen molar-refractivity contribution in [2.45, 2.75) is 39.4 Å². The van der Waals surface area contributed by atoms with Crippen LogP contribution in [0.2, 0.25) is 0 Å². The topological polar surface area (TPSA) is 48.4 Å². The predicted molar refractivity (Wildman–Crippen MR) is 83.4 cm³/mol. The minimum absolute atomic E-state index is 0.0295. The number of ketones is 1. The van der Waals surface area contributed by atoms with Gasteiger partial charge in [0.05, 0.1) is 5.56 Å². The van der Waals surface area contributed by atoms with E-state index in [-0.39, 0.29) is 11.9 Å². The maximum atomic E-state index is 12.1. The molecule has 0 aliphatic carbocycles. The van der Waals surface area contributed by atoms with Crippen LogP contribution in [0.3, 0.4) is 0 Å². The minimum Gasteiger partial charge on any atom is -0.489 e. The van der Waals surface area contributed by atoms with Gasteiger partial charge >= 0.3 is 0 Å². The summed E-state index contributed by atoms with van der Waals surface area (Å²) in [6.07, 6.45) is 3.03. The van der Waals surface area contributed by atoms with Crippen molar-refractivity contribution < 1.29 is 14.3 Å². The van der Waals surface area contributed by atoms with Gasteiger partial charge in [0.2, 0.25) is 0 Å². The molecule has 0 unspecified atom stereocenters. The van der Waals surface area contributed by atoms with Crippen molar-refractivity contribution in [3.63, 3.8) is 0 Å². The van der Waals surface area contributed by atoms with E-state index >= 15 is 0 Å². The van der Waals surface area contributed by atoms with Crippen LogP contribution in [-0.4, -0.2) is 16.9 Å². The Morgan fingerprint density at radius 1 is 1.32 bits per heavy atom. The minimum atomic E-state index is -0.0295. The number of ether oxygens (including phenoxy) is 2. The summed E-state index contributed by atoms with van der Waals surface area (Å²) in [4.78, 5) is 16.2. The zero-order valence-electron chi connectivity index (χ0n) is 12.8. The molecule has 1 aromatic carbocycles. The van der Waals surface area contributed by atoms with Gasteiger partial charge in [-0.3, -0.25) is 9.78 Å². The summed E-state index contributed by atoms with van der Waals surface area (Å²) in [5.74, 6) is 1.48. The Kier molecular flexibility index (Phi) is 4.09. The van der Waals surface area contributed by atoms with E-state index in [0.717, 1.165) is 17.7 Å². The number of pyridine rings is 1. The smallest absolute Gasteiger partial charge is 0.170 e. The van der Waals surface area contributed by atoms with Crippen LogP contribution in [0.4, 0.5) is 0 Å². The molecule has 2 aromatic rings. The van der Waals surface area contributed by atoms with Gasteiger partial charge in [-0.1, -0.05) is 6.92 Å². The molecular weight excluding hydrogens is 278 g/mol. The molecule has 0 saturated heterocycles. The summed E-state index contributed by atoms with van der Waals surface area (Å²) in [5, 5.41) is 0. The van der Waals surface area contributed by atoms with Crippen LogP contribution in [0.15, 0.2) is 36.5 Å². The normalized spacial score (nSPS) is 16.8. The number of aryl methyl sites for hydroxylation is 1. The van der Waals surface area contributed by atoms with E-state index in [0.29, 0.717) is 30.1 Å². The number of Topliss-reactive ketones (excluding diaryl/α,β-unsaturated/α-hetero) is 1. The molecule has 4 nitrogen and oxygen atoms in total. The Balaban J connectivity index is 1.74. The molecule has 0 saturated carbocycles. The fourth-order valence-electron chi connectivity index (χ4n) is 2.55. The van der Waals surface area contributed by atoms with E-state index in [1.54, 1.807) is 12.3 Å². The molecule has 2 heterocycles. The van der Waals surface area contributed by atoms with Crippen molar-refractivity contribution in [1.82, 2.24) is 4.98 Å². The van der Waals surface area contributed by atoms with Gasteiger partial charge in [0, 0.05) is 24.4 Å². The molecule has 1 aromatic heterocycles. The first-order valence-corrected chi connectivity index (χ1v) is 7.54. The van der Waals surface area contributed by atoms with Crippen molar-refractivity contribution in [1.29, 1.82) is 0 Å². The summed E-state index contributed by atoms with van der Waals surface area (Å²) < 4.78 is 11.7. The number of hydrogen-bond donors (Lipinski definition) is 0. The molecule has 0 amide bonds. The largest absolute Gasteiger partial charge is 0.489 e. The van der Waals surface area contributed by atoms with Crippen molar-refractivity contribution in [3.05, 3.63) is 53.3 Å². The van der Waals surface area contributed by atoms with Crippen LogP contribution in [0.1, 0.15) is 41.4 Å². The molecule has 1 aliphatic rings. The highest BCUT2D eigenvalue weighted by Crippen LogP contribution is 2.32. The summed E-state index contributed by atoms with van der Waals surface area (Å²) >= 11 is 0. The molecule has 0 N–H and O–H groups in total. The molecular formula is C18H19NO3. The van der Waals surface area contributed by atoms with Crippen LogP contribution in [-0.2, 0) is 6.61 Å². The summed E-state index contributed by atoms with van der Waals surface area (Å²) in [6, 6.07) is 9.34. The number of carbonyl (C=O) groups is 1. The maximum Gasteiger partial charge on any atom is 0.170 e. The molecule has 0 bridgehead atoms. The number of aromatic nitrogens is 1. The van der Waals surface area contributed by atoms with Crippen molar-refractivity contribution in [2.75, 3.05) is 0 Å². The third-order valence-electron chi connectivity index (χ3n) is 3.78. The quantitative estimate of drug-likeness (QED) is 0.863. The first-order chi connectivity index (χ1) is 10.7. The summed E-state index contributed by atoms with van der Waals surface area (Å²) in [7, 11) is 0. The number of rotatable bonds is 4. The predicted octanol–water partition coefficient (Wildman–Crippen LogP) is 3.71. The monoisotopic (exact) mass is 297 g/mol. The van der Waals surface area contributed by atoms with Gasteiger partial charge in [-0.25, -0.2) is 0 Å². The van der Waals surface area contributed by atoms with Crippen LogP contribution in [0, 0.1) is 6.92 Å². The van der Waals surface area contributed by atoms with E-state index < -0.39 is 0 Å². The Morgan fingerprint density at radius 2 is 2.18 bits per heavy atom. The van der Waals surface area contributed by atoms with Gasteiger partial charge < -0.3 is 9.47 Å². The first kappa shape index (κ1) is 14.6. The van der Waals surface area contributed by atoms with Crippen LogP contribution < -0.4 is 9.47 Å². The molecule has 1 aliphatic heterocycles. The Hall–Kier alpha value is -2.36. The molecule has 22 heavy (non-hydrogen) atoms. The number of hydrogen-bond acceptors (Lipinski definition) is 4. The number of fused-ring (bicyclic) bond motifs is 1. The molecule has 4 heteroatoms. The first-order valence-electron chi connectivity index (χ1n) is 7.54. The lowest BCUT2D eigenvalue weighted by Crippen LogP contribution is -2.26. The van der Waals surface area contributed by atoms with Crippen LogP contribution in [0.5, 0.6) is 11.5 Å². The van der Waals surface area contributed by atoms with Gasteiger partial charge in [-0.05, 0) is 43.2 Å². The van der Waals surface area contributed by atoms with Crippen molar-refractivity contribution in [2.24, 2.45) is 0 Å². The maximum absolute atomic E-state index is 12.1. The average molecular weight is 297 g/mol. The lowest BCUT2D eigenvalue weighted by Gasteiger charge is -2.24. The zero-order valence-corrected chi connectivity index (χ0v) is 12.8. The third kappa shape index (κ3) is 3.11. The summed E-state index contributed by atoms with van der Waals surface area (Å²) in [6.45, 7) is 4.44. The average Bonchev–Trinajstić information content (AvgIpc) is 2.52. The lowest BCUT2D eigenvalue weighted by atomic mass is 9.99. The fraction of sp³-hybridized carbons (Fsp3) is 0.333. The van der Waals surface area contributed by atoms with E-state index in [1.165, 1.54) is 0 Å².